The summed E-state index contributed by atoms with van der Waals surface area (Å²) in [5, 5.41) is 11.9. The van der Waals surface area contributed by atoms with Crippen molar-refractivity contribution < 1.29 is 4.92 Å². The molecule has 0 fully saturated rings. The summed E-state index contributed by atoms with van der Waals surface area (Å²) in [7, 11) is 0. The fourth-order valence-corrected chi connectivity index (χ4v) is 3.09. The zero-order valence-electron chi connectivity index (χ0n) is 13.0. The number of aromatic amines is 1. The van der Waals surface area contributed by atoms with Gasteiger partial charge in [0.25, 0.3) is 11.2 Å². The lowest BCUT2D eigenvalue weighted by Crippen LogP contribution is -2.27. The van der Waals surface area contributed by atoms with Gasteiger partial charge in [0.15, 0.2) is 5.82 Å². The second-order valence-corrected chi connectivity index (χ2v) is 5.95. The minimum atomic E-state index is -0.787. The van der Waals surface area contributed by atoms with Gasteiger partial charge < -0.3 is 0 Å². The van der Waals surface area contributed by atoms with Gasteiger partial charge in [-0.15, -0.1) is 0 Å². The van der Waals surface area contributed by atoms with E-state index in [4.69, 9.17) is 11.6 Å². The Morgan fingerprint density at radius 3 is 2.62 bits per heavy atom. The summed E-state index contributed by atoms with van der Waals surface area (Å²) in [5.41, 5.74) is -0.395. The van der Waals surface area contributed by atoms with E-state index in [0.717, 1.165) is 0 Å². The third-order valence-corrected chi connectivity index (χ3v) is 4.30. The average Bonchev–Trinajstić information content (AvgIpc) is 2.60. The van der Waals surface area contributed by atoms with E-state index in [-0.39, 0.29) is 17.1 Å². The molecule has 0 radical (unpaired) electrons. The molecule has 2 heterocycles. The number of hydrogen-bond donors (Lipinski definition) is 1. The van der Waals surface area contributed by atoms with Gasteiger partial charge in [-0.25, -0.2) is 4.79 Å². The number of non-ortho nitro benzene ring substituents is 1. The predicted molar refractivity (Wildman–Crippen MR) is 96.2 cm³/mol. The maximum atomic E-state index is 12.3. The Labute approximate surface area is 149 Å². The Morgan fingerprint density at radius 2 is 1.88 bits per heavy atom. The fourth-order valence-electron chi connectivity index (χ4n) is 2.87. The molecule has 0 bridgehead atoms. The predicted octanol–water partition coefficient (Wildman–Crippen LogP) is 2.74. The highest BCUT2D eigenvalue weighted by molar-refractivity contribution is 6.32. The van der Waals surface area contributed by atoms with Crippen LogP contribution in [0.1, 0.15) is 0 Å². The molecular weight excluding hydrogens is 360 g/mol. The number of nitrogens with zero attached hydrogens (tertiary/aromatic N) is 3. The molecule has 2 aromatic carbocycles. The Bertz CT molecular complexity index is 1280. The molecule has 26 heavy (non-hydrogen) atoms. The Balaban J connectivity index is 2.25. The first-order chi connectivity index (χ1) is 12.5. The fraction of sp³-hybridized carbons (Fsp3) is 0. The lowest BCUT2D eigenvalue weighted by Gasteiger charge is -2.18. The standard InChI is InChI=1S/C17H9ClN4O4/c18-12-3-1-2-4-14(12)21-13-6-5-10(22(25)26)7-9(13)8-11-15(21)19-17(24)20-16(11)23/h1-8H,(H,20,23,24). The first-order valence-corrected chi connectivity index (χ1v) is 7.82. The number of benzene rings is 2. The third kappa shape index (κ3) is 2.44. The first-order valence-electron chi connectivity index (χ1n) is 7.45. The molecule has 0 aromatic heterocycles. The van der Waals surface area contributed by atoms with Crippen LogP contribution in [0.4, 0.5) is 5.69 Å². The van der Waals surface area contributed by atoms with Crippen molar-refractivity contribution in [2.24, 2.45) is 0 Å². The van der Waals surface area contributed by atoms with Crippen LogP contribution in [0.3, 0.4) is 0 Å². The van der Waals surface area contributed by atoms with Gasteiger partial charge in [0.2, 0.25) is 0 Å². The molecule has 0 spiro atoms. The van der Waals surface area contributed by atoms with Crippen molar-refractivity contribution in [1.29, 1.82) is 0 Å². The van der Waals surface area contributed by atoms with Gasteiger partial charge in [-0.05, 0) is 24.3 Å². The van der Waals surface area contributed by atoms with Gasteiger partial charge in [0.05, 0.1) is 26.7 Å². The largest absolute Gasteiger partial charge is 0.349 e. The van der Waals surface area contributed by atoms with E-state index in [1.807, 2.05) is 0 Å². The number of nitro benzene ring substituents is 1. The van der Waals surface area contributed by atoms with Crippen LogP contribution in [0, 0.1) is 10.1 Å². The maximum absolute atomic E-state index is 12.3. The quantitative estimate of drug-likeness (QED) is 0.332. The summed E-state index contributed by atoms with van der Waals surface area (Å²) >= 11 is 6.30. The van der Waals surface area contributed by atoms with Crippen LogP contribution in [-0.4, -0.2) is 19.5 Å². The maximum Gasteiger partial charge on any atom is 0.349 e. The van der Waals surface area contributed by atoms with Crippen LogP contribution in [0.5, 0.6) is 0 Å². The summed E-state index contributed by atoms with van der Waals surface area (Å²) in [5.74, 6) is 0.119. The van der Waals surface area contributed by atoms with Crippen molar-refractivity contribution in [3.63, 3.8) is 0 Å². The van der Waals surface area contributed by atoms with Crippen molar-refractivity contribution in [3.8, 4) is 17.1 Å². The zero-order chi connectivity index (χ0) is 18.4. The second-order valence-electron chi connectivity index (χ2n) is 5.54. The van der Waals surface area contributed by atoms with Crippen molar-refractivity contribution in [2.45, 2.75) is 0 Å². The first kappa shape index (κ1) is 16.0. The van der Waals surface area contributed by atoms with Crippen molar-refractivity contribution in [1.82, 2.24) is 14.5 Å². The molecule has 2 aliphatic heterocycles. The summed E-state index contributed by atoms with van der Waals surface area (Å²) in [6.45, 7) is 0. The van der Waals surface area contributed by atoms with Crippen molar-refractivity contribution in [2.75, 3.05) is 0 Å². The normalized spacial score (nSPS) is 11.1. The van der Waals surface area contributed by atoms with Crippen LogP contribution in [-0.2, 0) is 0 Å². The topological polar surface area (TPSA) is 111 Å². The number of hydrogen-bond acceptors (Lipinski definition) is 5. The Kier molecular flexibility index (Phi) is 3.55. The number of pyridine rings is 1. The highest BCUT2D eigenvalue weighted by Crippen LogP contribution is 2.32. The summed E-state index contributed by atoms with van der Waals surface area (Å²) in [6.07, 6.45) is 0. The molecule has 0 amide bonds. The monoisotopic (exact) mass is 368 g/mol. The highest BCUT2D eigenvalue weighted by Gasteiger charge is 2.20. The van der Waals surface area contributed by atoms with Crippen molar-refractivity contribution >= 4 is 28.2 Å². The molecule has 8 nitrogen and oxygen atoms in total. The summed E-state index contributed by atoms with van der Waals surface area (Å²) in [6, 6.07) is 12.5. The number of aromatic nitrogens is 3. The number of nitro groups is 1. The average molecular weight is 369 g/mol. The zero-order valence-corrected chi connectivity index (χ0v) is 13.7. The Morgan fingerprint density at radius 1 is 1.12 bits per heavy atom. The van der Waals surface area contributed by atoms with E-state index >= 15 is 0 Å². The van der Waals surface area contributed by atoms with Crippen LogP contribution < -0.4 is 11.2 Å². The minimum absolute atomic E-state index is 0.118. The molecule has 1 N–H and O–H groups in total. The van der Waals surface area contributed by atoms with E-state index in [9.17, 15) is 19.7 Å². The van der Waals surface area contributed by atoms with E-state index in [2.05, 4.69) is 9.97 Å². The molecule has 2 aliphatic rings. The molecule has 4 rings (SSSR count). The van der Waals surface area contributed by atoms with Gasteiger partial charge in [-0.3, -0.25) is 24.5 Å². The summed E-state index contributed by atoms with van der Waals surface area (Å²) in [4.78, 5) is 40.6. The molecule has 0 aliphatic carbocycles. The van der Waals surface area contributed by atoms with Gasteiger partial charge in [-0.1, -0.05) is 23.7 Å². The molecule has 0 saturated heterocycles. The van der Waals surface area contributed by atoms with Crippen molar-refractivity contribution in [3.05, 3.63) is 84.5 Å². The number of para-hydroxylation sites is 1. The number of rotatable bonds is 2. The molecule has 2 aromatic rings. The molecule has 128 valence electrons. The summed E-state index contributed by atoms with van der Waals surface area (Å²) < 4.78 is 1.55. The molecule has 0 atom stereocenters. The lowest BCUT2D eigenvalue weighted by molar-refractivity contribution is -0.384. The molecule has 0 unspecified atom stereocenters. The lowest BCUT2D eigenvalue weighted by atomic mass is 10.1. The number of halogens is 1. The highest BCUT2D eigenvalue weighted by atomic mass is 35.5. The van der Waals surface area contributed by atoms with E-state index in [0.29, 0.717) is 21.6 Å². The van der Waals surface area contributed by atoms with E-state index in [1.54, 1.807) is 28.8 Å². The van der Waals surface area contributed by atoms with Crippen LogP contribution in [0.15, 0.2) is 58.1 Å². The SMILES string of the molecule is O=c1nc2n(-c3ccccc3Cl)c3ccc([N+](=O)[O-])cc3cc-2c(=O)[nH]1. The van der Waals surface area contributed by atoms with Crippen LogP contribution in [0.25, 0.3) is 28.0 Å². The van der Waals surface area contributed by atoms with Gasteiger partial charge in [0.1, 0.15) is 0 Å². The van der Waals surface area contributed by atoms with Crippen LogP contribution >= 0.6 is 11.6 Å². The second kappa shape index (κ2) is 5.78. The molecule has 0 saturated carbocycles. The minimum Gasteiger partial charge on any atom is -0.292 e. The number of nitrogens with one attached hydrogen (secondary N) is 1. The molecular formula is C17H9ClN4O4. The smallest absolute Gasteiger partial charge is 0.292 e. The number of H-pyrrole nitrogens is 1. The van der Waals surface area contributed by atoms with Gasteiger partial charge >= 0.3 is 5.69 Å². The third-order valence-electron chi connectivity index (χ3n) is 3.98. The number of fused-ring (bicyclic) bond motifs is 2. The molecule has 9 heteroatoms. The van der Waals surface area contributed by atoms with E-state index in [1.165, 1.54) is 24.3 Å². The van der Waals surface area contributed by atoms with Crippen LogP contribution in [0.2, 0.25) is 5.02 Å². The Hall–Kier alpha value is -3.52. The van der Waals surface area contributed by atoms with Gasteiger partial charge in [-0.2, -0.15) is 4.98 Å². The van der Waals surface area contributed by atoms with E-state index < -0.39 is 16.2 Å². The van der Waals surface area contributed by atoms with Gasteiger partial charge in [0, 0.05) is 17.5 Å².